The Kier molecular flexibility index (Phi) is 3.51. The molecule has 3 rings (SSSR count). The first-order valence-electron chi connectivity index (χ1n) is 6.75. The Bertz CT molecular complexity index is 570. The van der Waals surface area contributed by atoms with Crippen molar-refractivity contribution >= 4 is 16.9 Å². The van der Waals surface area contributed by atoms with E-state index in [1.807, 2.05) is 24.3 Å². The molecule has 19 heavy (non-hydrogen) atoms. The maximum absolute atomic E-state index is 11.9. The highest BCUT2D eigenvalue weighted by Gasteiger charge is 2.16. The molecule has 0 saturated carbocycles. The third-order valence-corrected chi connectivity index (χ3v) is 3.66. The van der Waals surface area contributed by atoms with Gasteiger partial charge in [0.15, 0.2) is 0 Å². The smallest absolute Gasteiger partial charge is 0.224 e. The summed E-state index contributed by atoms with van der Waals surface area (Å²) < 4.78 is 5.44. The molecule has 0 bridgehead atoms. The quantitative estimate of drug-likeness (QED) is 0.877. The van der Waals surface area contributed by atoms with Crippen molar-refractivity contribution in [2.75, 3.05) is 19.6 Å². The van der Waals surface area contributed by atoms with Gasteiger partial charge in [0.25, 0.3) is 0 Å². The summed E-state index contributed by atoms with van der Waals surface area (Å²) in [5.41, 5.74) is 1.79. The normalized spacial score (nSPS) is 18.8. The summed E-state index contributed by atoms with van der Waals surface area (Å²) in [7, 11) is 0. The predicted molar refractivity (Wildman–Crippen MR) is 73.9 cm³/mol. The number of hydrogen-bond acceptors (Lipinski definition) is 3. The Balaban J connectivity index is 1.59. The first-order chi connectivity index (χ1) is 9.33. The Labute approximate surface area is 112 Å². The molecule has 0 spiro atoms. The number of benzene rings is 1. The van der Waals surface area contributed by atoms with E-state index in [2.05, 4.69) is 10.6 Å². The number of fused-ring (bicyclic) bond motifs is 1. The molecule has 0 aliphatic carbocycles. The molecule has 4 heteroatoms. The molecular formula is C15H18N2O2. The number of rotatable bonds is 4. The maximum Gasteiger partial charge on any atom is 0.224 e. The summed E-state index contributed by atoms with van der Waals surface area (Å²) >= 11 is 0. The minimum Gasteiger partial charge on any atom is -0.464 e. The van der Waals surface area contributed by atoms with Gasteiger partial charge < -0.3 is 15.1 Å². The van der Waals surface area contributed by atoms with Crippen molar-refractivity contribution in [3.63, 3.8) is 0 Å². The largest absolute Gasteiger partial charge is 0.464 e. The fourth-order valence-electron chi connectivity index (χ4n) is 2.55. The van der Waals surface area contributed by atoms with Gasteiger partial charge in [0.05, 0.1) is 12.7 Å². The number of furan rings is 1. The van der Waals surface area contributed by atoms with Crippen molar-refractivity contribution < 1.29 is 9.21 Å². The third kappa shape index (κ3) is 2.79. The van der Waals surface area contributed by atoms with Crippen LogP contribution < -0.4 is 10.6 Å². The van der Waals surface area contributed by atoms with E-state index in [4.69, 9.17) is 4.42 Å². The van der Waals surface area contributed by atoms with Crippen molar-refractivity contribution in [2.24, 2.45) is 5.92 Å². The number of carbonyl (C=O) groups excluding carboxylic acids is 1. The Morgan fingerprint density at radius 3 is 3.16 bits per heavy atom. The lowest BCUT2D eigenvalue weighted by molar-refractivity contribution is -0.120. The minimum atomic E-state index is 0.0680. The van der Waals surface area contributed by atoms with Crippen LogP contribution in [-0.4, -0.2) is 25.5 Å². The fourth-order valence-corrected chi connectivity index (χ4v) is 2.55. The molecule has 1 aromatic heterocycles. The molecule has 1 amide bonds. The van der Waals surface area contributed by atoms with Crippen molar-refractivity contribution in [2.45, 2.75) is 12.8 Å². The van der Waals surface area contributed by atoms with E-state index in [0.717, 1.165) is 42.6 Å². The number of para-hydroxylation sites is 1. The number of amides is 1. The molecule has 2 heterocycles. The SMILES string of the molecule is O=C(Cc1coc2ccccc12)NCC1CCNC1. The van der Waals surface area contributed by atoms with E-state index in [9.17, 15) is 4.79 Å². The Hall–Kier alpha value is -1.81. The number of hydrogen-bond donors (Lipinski definition) is 2. The second-order valence-corrected chi connectivity index (χ2v) is 5.10. The van der Waals surface area contributed by atoms with Gasteiger partial charge in [-0.15, -0.1) is 0 Å². The number of nitrogens with one attached hydrogen (secondary N) is 2. The van der Waals surface area contributed by atoms with E-state index < -0.39 is 0 Å². The van der Waals surface area contributed by atoms with E-state index >= 15 is 0 Å². The van der Waals surface area contributed by atoms with Crippen molar-refractivity contribution in [1.82, 2.24) is 10.6 Å². The summed E-state index contributed by atoms with van der Waals surface area (Å²) in [5, 5.41) is 7.33. The van der Waals surface area contributed by atoms with Crippen molar-refractivity contribution in [3.8, 4) is 0 Å². The van der Waals surface area contributed by atoms with Crippen LogP contribution in [0.2, 0.25) is 0 Å². The Morgan fingerprint density at radius 1 is 1.42 bits per heavy atom. The van der Waals surface area contributed by atoms with Crippen LogP contribution in [0.1, 0.15) is 12.0 Å². The molecule has 4 nitrogen and oxygen atoms in total. The van der Waals surface area contributed by atoms with Crippen LogP contribution in [0.4, 0.5) is 0 Å². The lowest BCUT2D eigenvalue weighted by atomic mass is 10.1. The molecule has 2 N–H and O–H groups in total. The molecule has 1 atom stereocenters. The van der Waals surface area contributed by atoms with E-state index in [0.29, 0.717) is 12.3 Å². The molecule has 1 unspecified atom stereocenters. The van der Waals surface area contributed by atoms with Crippen LogP contribution in [-0.2, 0) is 11.2 Å². The standard InChI is InChI=1S/C15H18N2O2/c18-15(17-9-11-5-6-16-8-11)7-12-10-19-14-4-2-1-3-13(12)14/h1-4,10-11,16H,5-9H2,(H,17,18). The van der Waals surface area contributed by atoms with Crippen LogP contribution in [0.5, 0.6) is 0 Å². The van der Waals surface area contributed by atoms with Gasteiger partial charge in [-0.1, -0.05) is 18.2 Å². The molecule has 1 fully saturated rings. The first-order valence-corrected chi connectivity index (χ1v) is 6.75. The molecule has 0 radical (unpaired) electrons. The van der Waals surface area contributed by atoms with E-state index in [1.54, 1.807) is 6.26 Å². The Morgan fingerprint density at radius 2 is 2.32 bits per heavy atom. The number of carbonyl (C=O) groups is 1. The van der Waals surface area contributed by atoms with Crippen LogP contribution in [0.15, 0.2) is 34.9 Å². The lowest BCUT2D eigenvalue weighted by Gasteiger charge is -2.09. The summed E-state index contributed by atoms with van der Waals surface area (Å²) in [4.78, 5) is 11.9. The van der Waals surface area contributed by atoms with Crippen molar-refractivity contribution in [1.29, 1.82) is 0 Å². The predicted octanol–water partition coefficient (Wildman–Crippen LogP) is 1.70. The molecule has 1 saturated heterocycles. The van der Waals surface area contributed by atoms with Gasteiger partial charge in [0, 0.05) is 17.5 Å². The van der Waals surface area contributed by atoms with Gasteiger partial charge in [-0.2, -0.15) is 0 Å². The topological polar surface area (TPSA) is 54.3 Å². The zero-order valence-corrected chi connectivity index (χ0v) is 10.8. The van der Waals surface area contributed by atoms with Gasteiger partial charge in [-0.25, -0.2) is 0 Å². The zero-order valence-electron chi connectivity index (χ0n) is 10.8. The fraction of sp³-hybridized carbons (Fsp3) is 0.400. The van der Waals surface area contributed by atoms with Crippen LogP contribution >= 0.6 is 0 Å². The second-order valence-electron chi connectivity index (χ2n) is 5.10. The third-order valence-electron chi connectivity index (χ3n) is 3.66. The highest BCUT2D eigenvalue weighted by Crippen LogP contribution is 2.20. The van der Waals surface area contributed by atoms with Gasteiger partial charge in [-0.3, -0.25) is 4.79 Å². The van der Waals surface area contributed by atoms with Gasteiger partial charge >= 0.3 is 0 Å². The molecule has 100 valence electrons. The summed E-state index contributed by atoms with van der Waals surface area (Å²) in [6.07, 6.45) is 3.22. The van der Waals surface area contributed by atoms with E-state index in [-0.39, 0.29) is 5.91 Å². The molecular weight excluding hydrogens is 240 g/mol. The highest BCUT2D eigenvalue weighted by atomic mass is 16.3. The lowest BCUT2D eigenvalue weighted by Crippen LogP contribution is -2.31. The van der Waals surface area contributed by atoms with Crippen LogP contribution in [0.3, 0.4) is 0 Å². The molecule has 1 aromatic carbocycles. The molecule has 1 aliphatic rings. The molecule has 1 aliphatic heterocycles. The van der Waals surface area contributed by atoms with Gasteiger partial charge in [0.1, 0.15) is 5.58 Å². The minimum absolute atomic E-state index is 0.0680. The summed E-state index contributed by atoms with van der Waals surface area (Å²) in [6, 6.07) is 7.80. The van der Waals surface area contributed by atoms with E-state index in [1.165, 1.54) is 0 Å². The maximum atomic E-state index is 11.9. The van der Waals surface area contributed by atoms with Crippen LogP contribution in [0.25, 0.3) is 11.0 Å². The summed E-state index contributed by atoms with van der Waals surface area (Å²) in [6.45, 7) is 2.84. The summed E-state index contributed by atoms with van der Waals surface area (Å²) in [5.74, 6) is 0.642. The average molecular weight is 258 g/mol. The first kappa shape index (κ1) is 12.2. The van der Waals surface area contributed by atoms with Crippen LogP contribution in [0, 0.1) is 5.92 Å². The monoisotopic (exact) mass is 258 g/mol. The second kappa shape index (κ2) is 5.45. The average Bonchev–Trinajstić information content (AvgIpc) is 3.07. The van der Waals surface area contributed by atoms with Crippen molar-refractivity contribution in [3.05, 3.63) is 36.1 Å². The molecule has 2 aromatic rings. The zero-order chi connectivity index (χ0) is 13.1. The van der Waals surface area contributed by atoms with Gasteiger partial charge in [-0.05, 0) is 31.5 Å². The highest BCUT2D eigenvalue weighted by molar-refractivity contribution is 5.87. The van der Waals surface area contributed by atoms with Gasteiger partial charge in [0.2, 0.25) is 5.91 Å².